The molecular formula is C19H28N2O3S. The number of ether oxygens (including phenoxy) is 1. The molecular weight excluding hydrogens is 336 g/mol. The van der Waals surface area contributed by atoms with Gasteiger partial charge in [0.15, 0.2) is 0 Å². The molecule has 0 radical (unpaired) electrons. The number of rotatable bonds is 4. The number of carbonyl (C=O) groups is 2. The van der Waals surface area contributed by atoms with Gasteiger partial charge in [-0.3, -0.25) is 14.5 Å². The van der Waals surface area contributed by atoms with Gasteiger partial charge in [-0.1, -0.05) is 26.8 Å². The molecule has 0 unspecified atom stereocenters. The highest BCUT2D eigenvalue weighted by Crippen LogP contribution is 2.43. The minimum absolute atomic E-state index is 0.0771. The summed E-state index contributed by atoms with van der Waals surface area (Å²) in [5, 5.41) is 4.87. The van der Waals surface area contributed by atoms with Gasteiger partial charge < -0.3 is 10.1 Å². The minimum Gasteiger partial charge on any atom is -0.354 e. The summed E-state index contributed by atoms with van der Waals surface area (Å²) in [4.78, 5) is 28.4. The van der Waals surface area contributed by atoms with Crippen molar-refractivity contribution in [3.05, 3.63) is 22.4 Å². The molecule has 1 N–H and O–H groups in total. The Morgan fingerprint density at radius 3 is 2.72 bits per heavy atom. The van der Waals surface area contributed by atoms with Crippen molar-refractivity contribution < 1.29 is 14.3 Å². The lowest BCUT2D eigenvalue weighted by molar-refractivity contribution is -0.128. The Kier molecular flexibility index (Phi) is 5.49. The Balaban J connectivity index is 1.85. The first-order valence-corrected chi connectivity index (χ1v) is 10.1. The number of hydrogen-bond donors (Lipinski definition) is 1. The van der Waals surface area contributed by atoms with E-state index < -0.39 is 11.8 Å². The average Bonchev–Trinajstić information content (AvgIpc) is 3.23. The lowest BCUT2D eigenvalue weighted by Gasteiger charge is -2.42. The molecule has 1 spiro atoms. The molecule has 1 aliphatic heterocycles. The highest BCUT2D eigenvalue weighted by Gasteiger charge is 2.53. The molecule has 5 nitrogen and oxygen atoms in total. The Hall–Kier alpha value is -1.40. The zero-order valence-electron chi connectivity index (χ0n) is 15.3. The van der Waals surface area contributed by atoms with Gasteiger partial charge in [-0.05, 0) is 49.0 Å². The Bertz CT molecular complexity index is 606. The molecule has 25 heavy (non-hydrogen) atoms. The largest absolute Gasteiger partial charge is 0.354 e. The maximum atomic E-state index is 13.2. The van der Waals surface area contributed by atoms with E-state index in [4.69, 9.17) is 4.74 Å². The van der Waals surface area contributed by atoms with E-state index >= 15 is 0 Å². The maximum Gasteiger partial charge on any atom is 0.266 e. The van der Waals surface area contributed by atoms with Gasteiger partial charge in [0.2, 0.25) is 5.91 Å². The number of nitrogens with zero attached hydrogens (tertiary/aromatic N) is 1. The van der Waals surface area contributed by atoms with E-state index in [9.17, 15) is 9.59 Å². The third-order valence-electron chi connectivity index (χ3n) is 5.25. The molecule has 1 aromatic heterocycles. The number of carbonyl (C=O) groups excluding carboxylic acids is 2. The van der Waals surface area contributed by atoms with Crippen molar-refractivity contribution in [2.45, 2.75) is 58.2 Å². The molecule has 2 amide bonds. The second-order valence-electron chi connectivity index (χ2n) is 7.75. The lowest BCUT2D eigenvalue weighted by Crippen LogP contribution is -2.56. The summed E-state index contributed by atoms with van der Waals surface area (Å²) in [5.74, 6) is 0.833. The van der Waals surface area contributed by atoms with Crippen molar-refractivity contribution >= 4 is 23.2 Å². The molecule has 0 aromatic carbocycles. The van der Waals surface area contributed by atoms with Crippen LogP contribution in [0.3, 0.4) is 0 Å². The topological polar surface area (TPSA) is 58.6 Å². The van der Waals surface area contributed by atoms with Crippen LogP contribution in [0.2, 0.25) is 0 Å². The fourth-order valence-electron chi connectivity index (χ4n) is 3.72. The Morgan fingerprint density at radius 2 is 2.12 bits per heavy atom. The monoisotopic (exact) mass is 364 g/mol. The molecule has 0 bridgehead atoms. The van der Waals surface area contributed by atoms with E-state index in [1.54, 1.807) is 4.90 Å². The van der Waals surface area contributed by atoms with Gasteiger partial charge in [0.25, 0.3) is 5.91 Å². The summed E-state index contributed by atoms with van der Waals surface area (Å²) in [5.41, 5.74) is -0.618. The van der Waals surface area contributed by atoms with Crippen molar-refractivity contribution in [1.29, 1.82) is 0 Å². The van der Waals surface area contributed by atoms with E-state index in [0.717, 1.165) is 25.7 Å². The fraction of sp³-hybridized carbons (Fsp3) is 0.684. The summed E-state index contributed by atoms with van der Waals surface area (Å²) < 4.78 is 6.15. The normalized spacial score (nSPS) is 29.4. The van der Waals surface area contributed by atoms with Crippen molar-refractivity contribution in [3.8, 4) is 0 Å². The summed E-state index contributed by atoms with van der Waals surface area (Å²) in [7, 11) is 0. The van der Waals surface area contributed by atoms with Crippen molar-refractivity contribution in [2.75, 3.05) is 13.2 Å². The second-order valence-corrected chi connectivity index (χ2v) is 8.69. The quantitative estimate of drug-likeness (QED) is 0.892. The molecule has 1 atom stereocenters. The second kappa shape index (κ2) is 7.46. The lowest BCUT2D eigenvalue weighted by atomic mass is 9.83. The third kappa shape index (κ3) is 3.75. The summed E-state index contributed by atoms with van der Waals surface area (Å²) in [6, 6.07) is 3.16. The van der Waals surface area contributed by atoms with Crippen LogP contribution in [-0.4, -0.2) is 41.6 Å². The highest BCUT2D eigenvalue weighted by molar-refractivity contribution is 7.12. The summed E-state index contributed by atoms with van der Waals surface area (Å²) in [6.45, 7) is 7.25. The Labute approximate surface area is 153 Å². The molecule has 1 saturated heterocycles. The SMILES string of the molecule is CC(C)CNC(=O)[C@H]1COC2(CCC(C)CC2)N1C(=O)c1cccs1. The smallest absolute Gasteiger partial charge is 0.266 e. The van der Waals surface area contributed by atoms with Crippen LogP contribution in [0.25, 0.3) is 0 Å². The van der Waals surface area contributed by atoms with Crippen LogP contribution in [-0.2, 0) is 9.53 Å². The molecule has 1 saturated carbocycles. The average molecular weight is 365 g/mol. The van der Waals surface area contributed by atoms with Gasteiger partial charge in [0, 0.05) is 6.54 Å². The van der Waals surface area contributed by atoms with E-state index in [1.807, 2.05) is 17.5 Å². The van der Waals surface area contributed by atoms with Crippen LogP contribution in [0.4, 0.5) is 0 Å². The summed E-state index contributed by atoms with van der Waals surface area (Å²) >= 11 is 1.42. The van der Waals surface area contributed by atoms with E-state index in [2.05, 4.69) is 26.1 Å². The van der Waals surface area contributed by atoms with E-state index in [1.165, 1.54) is 11.3 Å². The highest BCUT2D eigenvalue weighted by atomic mass is 32.1. The van der Waals surface area contributed by atoms with Gasteiger partial charge in [0.1, 0.15) is 11.8 Å². The van der Waals surface area contributed by atoms with Crippen molar-refractivity contribution in [3.63, 3.8) is 0 Å². The van der Waals surface area contributed by atoms with Crippen molar-refractivity contribution in [2.24, 2.45) is 11.8 Å². The standard InChI is InChI=1S/C19H28N2O3S/c1-13(2)11-20-17(22)15-12-24-19(8-6-14(3)7-9-19)21(15)18(23)16-5-4-10-25-16/h4-5,10,13-15H,6-9,11-12H2,1-3H3,(H,20,22)/t14?,15-,19?/m1/s1. The Morgan fingerprint density at radius 1 is 1.40 bits per heavy atom. The fourth-order valence-corrected chi connectivity index (χ4v) is 4.38. The molecule has 2 fully saturated rings. The van der Waals surface area contributed by atoms with Gasteiger partial charge >= 0.3 is 0 Å². The summed E-state index contributed by atoms with van der Waals surface area (Å²) in [6.07, 6.45) is 3.65. The first kappa shape index (κ1) is 18.4. The van der Waals surface area contributed by atoms with Gasteiger partial charge in [-0.15, -0.1) is 11.3 Å². The van der Waals surface area contributed by atoms with E-state index in [0.29, 0.717) is 23.3 Å². The van der Waals surface area contributed by atoms with Crippen LogP contribution in [0.15, 0.2) is 17.5 Å². The van der Waals surface area contributed by atoms with Crippen LogP contribution >= 0.6 is 11.3 Å². The minimum atomic E-state index is -0.618. The van der Waals surface area contributed by atoms with Crippen LogP contribution < -0.4 is 5.32 Å². The predicted octanol–water partition coefficient (Wildman–Crippen LogP) is 3.27. The van der Waals surface area contributed by atoms with Crippen molar-refractivity contribution in [1.82, 2.24) is 10.2 Å². The molecule has 6 heteroatoms. The number of nitrogens with one attached hydrogen (secondary N) is 1. The molecule has 3 rings (SSSR count). The maximum absolute atomic E-state index is 13.2. The predicted molar refractivity (Wildman–Crippen MR) is 98.4 cm³/mol. The molecule has 2 heterocycles. The van der Waals surface area contributed by atoms with Crippen LogP contribution in [0.1, 0.15) is 56.1 Å². The zero-order valence-corrected chi connectivity index (χ0v) is 16.1. The molecule has 1 aliphatic carbocycles. The van der Waals surface area contributed by atoms with Gasteiger partial charge in [0.05, 0.1) is 11.5 Å². The number of hydrogen-bond acceptors (Lipinski definition) is 4. The van der Waals surface area contributed by atoms with Gasteiger partial charge in [-0.25, -0.2) is 0 Å². The molecule has 138 valence electrons. The zero-order chi connectivity index (χ0) is 18.0. The first-order valence-electron chi connectivity index (χ1n) is 9.22. The molecule has 1 aromatic rings. The van der Waals surface area contributed by atoms with Crippen LogP contribution in [0, 0.1) is 11.8 Å². The number of amides is 2. The molecule has 2 aliphatic rings. The van der Waals surface area contributed by atoms with Gasteiger partial charge in [-0.2, -0.15) is 0 Å². The van der Waals surface area contributed by atoms with E-state index in [-0.39, 0.29) is 18.4 Å². The third-order valence-corrected chi connectivity index (χ3v) is 6.11. The number of thiophene rings is 1. The first-order chi connectivity index (χ1) is 11.9. The van der Waals surface area contributed by atoms with Crippen LogP contribution in [0.5, 0.6) is 0 Å².